The van der Waals surface area contributed by atoms with Crippen molar-refractivity contribution in [2.45, 2.75) is 31.7 Å². The van der Waals surface area contributed by atoms with Crippen molar-refractivity contribution in [1.82, 2.24) is 14.6 Å². The Kier molecular flexibility index (Phi) is 3.61. The van der Waals surface area contributed by atoms with Gasteiger partial charge in [-0.1, -0.05) is 11.6 Å². The van der Waals surface area contributed by atoms with Crippen LogP contribution in [0, 0.1) is 11.2 Å². The Hall–Kier alpha value is -2.06. The van der Waals surface area contributed by atoms with Crippen molar-refractivity contribution in [2.75, 3.05) is 36.9 Å². The molecular formula is C18H21ClFN5O2. The molecule has 1 spiro atoms. The van der Waals surface area contributed by atoms with Gasteiger partial charge in [0.15, 0.2) is 0 Å². The highest BCUT2D eigenvalue weighted by molar-refractivity contribution is 6.38. The van der Waals surface area contributed by atoms with Gasteiger partial charge < -0.3 is 16.1 Å². The van der Waals surface area contributed by atoms with Crippen LogP contribution >= 0.6 is 11.6 Å². The molecule has 0 amide bonds. The van der Waals surface area contributed by atoms with E-state index in [0.29, 0.717) is 23.3 Å². The average molecular weight is 394 g/mol. The van der Waals surface area contributed by atoms with Gasteiger partial charge in [-0.2, -0.15) is 4.68 Å². The Morgan fingerprint density at radius 2 is 2.07 bits per heavy atom. The lowest BCUT2D eigenvalue weighted by molar-refractivity contribution is 0.369. The molecule has 9 heteroatoms. The van der Waals surface area contributed by atoms with Crippen molar-refractivity contribution in [1.29, 1.82) is 0 Å². The molecule has 7 nitrogen and oxygen atoms in total. The van der Waals surface area contributed by atoms with Crippen LogP contribution in [0.4, 0.5) is 10.1 Å². The van der Waals surface area contributed by atoms with Crippen molar-refractivity contribution in [3.05, 3.63) is 37.7 Å². The summed E-state index contributed by atoms with van der Waals surface area (Å²) in [5.74, 6) is 5.09. The minimum Gasteiger partial charge on any atom is -0.367 e. The monoisotopic (exact) mass is 393 g/mol. The molecule has 1 aromatic carbocycles. The number of nitrogens with one attached hydrogen (secondary N) is 1. The van der Waals surface area contributed by atoms with E-state index in [1.165, 1.54) is 10.6 Å². The first kappa shape index (κ1) is 17.1. The fraction of sp³-hybridized carbons (Fsp3) is 0.556. The third-order valence-corrected chi connectivity index (χ3v) is 6.63. The number of anilines is 1. The summed E-state index contributed by atoms with van der Waals surface area (Å²) in [5, 5.41) is 3.56. The van der Waals surface area contributed by atoms with Gasteiger partial charge in [0.2, 0.25) is 0 Å². The third-order valence-electron chi connectivity index (χ3n) is 6.27. The molecule has 0 radical (unpaired) electrons. The lowest BCUT2D eigenvalue weighted by Gasteiger charge is -2.26. The van der Waals surface area contributed by atoms with Gasteiger partial charge in [-0.3, -0.25) is 9.36 Å². The van der Waals surface area contributed by atoms with E-state index in [9.17, 15) is 9.59 Å². The van der Waals surface area contributed by atoms with Crippen molar-refractivity contribution in [3.63, 3.8) is 0 Å². The predicted molar refractivity (Wildman–Crippen MR) is 103 cm³/mol. The largest absolute Gasteiger partial charge is 0.367 e. The molecule has 1 aliphatic carbocycles. The Labute approximate surface area is 159 Å². The Bertz CT molecular complexity index is 1070. The first-order valence-corrected chi connectivity index (χ1v) is 9.70. The molecule has 27 heavy (non-hydrogen) atoms. The maximum Gasteiger partial charge on any atom is 0.350 e. The van der Waals surface area contributed by atoms with Crippen LogP contribution in [0.5, 0.6) is 0 Å². The minimum atomic E-state index is -0.725. The van der Waals surface area contributed by atoms with Crippen LogP contribution in [-0.4, -0.2) is 35.4 Å². The van der Waals surface area contributed by atoms with Crippen LogP contribution in [0.25, 0.3) is 10.9 Å². The second-order valence-corrected chi connectivity index (χ2v) is 8.45. The maximum atomic E-state index is 15.1. The molecule has 3 N–H and O–H groups in total. The highest BCUT2D eigenvalue weighted by atomic mass is 35.5. The number of rotatable bonds is 2. The zero-order chi connectivity index (χ0) is 18.9. The smallest absolute Gasteiger partial charge is 0.350 e. The molecule has 3 aliphatic rings. The van der Waals surface area contributed by atoms with Gasteiger partial charge >= 0.3 is 5.69 Å². The molecule has 144 valence electrons. The molecule has 3 fully saturated rings. The van der Waals surface area contributed by atoms with Crippen LogP contribution in [-0.2, 0) is 0 Å². The van der Waals surface area contributed by atoms with E-state index in [4.69, 9.17) is 17.4 Å². The van der Waals surface area contributed by atoms with Gasteiger partial charge in [0.05, 0.1) is 21.6 Å². The number of hydrogen-bond donors (Lipinski definition) is 2. The molecule has 2 aliphatic heterocycles. The quantitative estimate of drug-likeness (QED) is 0.749. The molecule has 1 unspecified atom stereocenters. The van der Waals surface area contributed by atoms with Gasteiger partial charge in [-0.25, -0.2) is 9.18 Å². The summed E-state index contributed by atoms with van der Waals surface area (Å²) in [6.07, 6.45) is 3.65. The topological polar surface area (TPSA) is 85.3 Å². The van der Waals surface area contributed by atoms with Gasteiger partial charge in [-0.05, 0) is 38.3 Å². The number of hydrogen-bond acceptors (Lipinski definition) is 5. The summed E-state index contributed by atoms with van der Waals surface area (Å²) in [6, 6.07) is 1.13. The molecule has 1 atom stereocenters. The average Bonchev–Trinajstić information content (AvgIpc) is 3.24. The van der Waals surface area contributed by atoms with Gasteiger partial charge in [-0.15, -0.1) is 0 Å². The van der Waals surface area contributed by atoms with Crippen LogP contribution in [0.3, 0.4) is 0 Å². The zero-order valence-electron chi connectivity index (χ0n) is 14.8. The Morgan fingerprint density at radius 3 is 2.74 bits per heavy atom. The van der Waals surface area contributed by atoms with Crippen LogP contribution in [0.15, 0.2) is 15.7 Å². The number of nitrogens with two attached hydrogens (primary N) is 1. The van der Waals surface area contributed by atoms with Crippen LogP contribution in [0.2, 0.25) is 5.02 Å². The molecule has 1 saturated carbocycles. The number of nitrogen functional groups attached to an aromatic ring is 1. The second kappa shape index (κ2) is 5.72. The number of benzene rings is 1. The summed E-state index contributed by atoms with van der Waals surface area (Å²) in [6.45, 7) is 3.30. The van der Waals surface area contributed by atoms with E-state index >= 15 is 4.39 Å². The molecule has 2 aromatic rings. The standard InChI is InChI=1S/C18H21ClFN5O2/c19-13-14-11(16(26)25(21)17(27)24(14)10-1-2-10)7-12(20)15(13)23-6-4-18(9-23)3-5-22-8-18/h7,10,22H,1-6,8-9,21H2. The van der Waals surface area contributed by atoms with Crippen molar-refractivity contribution < 1.29 is 4.39 Å². The van der Waals surface area contributed by atoms with E-state index in [1.807, 2.05) is 4.90 Å². The first-order valence-electron chi connectivity index (χ1n) is 9.32. The van der Waals surface area contributed by atoms with E-state index in [2.05, 4.69) is 5.32 Å². The lowest BCUT2D eigenvalue weighted by atomic mass is 9.86. The predicted octanol–water partition coefficient (Wildman–Crippen LogP) is 1.19. The molecule has 1 aromatic heterocycles. The zero-order valence-corrected chi connectivity index (χ0v) is 15.6. The highest BCUT2D eigenvalue weighted by Gasteiger charge is 2.42. The third kappa shape index (κ3) is 2.42. The highest BCUT2D eigenvalue weighted by Crippen LogP contribution is 2.44. The van der Waals surface area contributed by atoms with E-state index in [-0.39, 0.29) is 27.6 Å². The summed E-state index contributed by atoms with van der Waals surface area (Å²) in [5.41, 5.74) is -0.597. The Balaban J connectivity index is 1.73. The lowest BCUT2D eigenvalue weighted by Crippen LogP contribution is -2.44. The summed E-state index contributed by atoms with van der Waals surface area (Å²) < 4.78 is 17.1. The van der Waals surface area contributed by atoms with Gasteiger partial charge in [0, 0.05) is 31.1 Å². The number of nitrogens with zero attached hydrogens (tertiary/aromatic N) is 3. The Morgan fingerprint density at radius 1 is 1.30 bits per heavy atom. The molecule has 2 saturated heterocycles. The fourth-order valence-corrected chi connectivity index (χ4v) is 5.06. The number of fused-ring (bicyclic) bond motifs is 1. The fourth-order valence-electron chi connectivity index (χ4n) is 4.66. The minimum absolute atomic E-state index is 0.0461. The number of halogens is 2. The van der Waals surface area contributed by atoms with Crippen LogP contribution in [0.1, 0.15) is 31.7 Å². The van der Waals surface area contributed by atoms with Crippen molar-refractivity contribution in [2.24, 2.45) is 5.41 Å². The van der Waals surface area contributed by atoms with Gasteiger partial charge in [0.1, 0.15) is 5.82 Å². The molecule has 3 heterocycles. The van der Waals surface area contributed by atoms with E-state index in [1.54, 1.807) is 0 Å². The van der Waals surface area contributed by atoms with Crippen molar-refractivity contribution in [3.8, 4) is 0 Å². The van der Waals surface area contributed by atoms with E-state index < -0.39 is 17.1 Å². The second-order valence-electron chi connectivity index (χ2n) is 8.07. The molecular weight excluding hydrogens is 373 g/mol. The SMILES string of the molecule is Nn1c(=O)c2cc(F)c(N3CCC4(CCNC4)C3)c(Cl)c2n(C2CC2)c1=O. The summed E-state index contributed by atoms with van der Waals surface area (Å²) in [7, 11) is 0. The summed E-state index contributed by atoms with van der Waals surface area (Å²) >= 11 is 6.65. The molecule has 0 bridgehead atoms. The first-order chi connectivity index (χ1) is 12.9. The van der Waals surface area contributed by atoms with Crippen molar-refractivity contribution >= 4 is 28.2 Å². The molecule has 5 rings (SSSR count). The van der Waals surface area contributed by atoms with Gasteiger partial charge in [0.25, 0.3) is 5.56 Å². The maximum absolute atomic E-state index is 15.1. The number of aromatic nitrogens is 2. The van der Waals surface area contributed by atoms with E-state index in [0.717, 1.165) is 38.8 Å². The van der Waals surface area contributed by atoms with Crippen LogP contribution < -0.4 is 27.3 Å². The normalized spacial score (nSPS) is 25.2. The summed E-state index contributed by atoms with van der Waals surface area (Å²) in [4.78, 5) is 27.0.